The van der Waals surface area contributed by atoms with Crippen LogP contribution in [0.4, 0.5) is 11.4 Å². The number of benzene rings is 2. The number of piperazine rings is 1. The third-order valence-corrected chi connectivity index (χ3v) is 8.21. The zero-order valence-electron chi connectivity index (χ0n) is 19.3. The summed E-state index contributed by atoms with van der Waals surface area (Å²) in [6, 6.07) is 12.1. The molecule has 0 saturated carbocycles. The summed E-state index contributed by atoms with van der Waals surface area (Å²) in [4.78, 5) is 17.8. The van der Waals surface area contributed by atoms with Gasteiger partial charge >= 0.3 is 0 Å². The van der Waals surface area contributed by atoms with E-state index in [1.807, 2.05) is 25.1 Å². The molecule has 2 fully saturated rings. The first-order valence-electron chi connectivity index (χ1n) is 11.5. The molecule has 2 aliphatic rings. The molecule has 0 atom stereocenters. The second kappa shape index (κ2) is 10.2. The number of ether oxygens (including phenoxy) is 1. The molecule has 178 valence electrons. The van der Waals surface area contributed by atoms with Crippen LogP contribution in [-0.4, -0.2) is 82.6 Å². The van der Waals surface area contributed by atoms with Crippen LogP contribution in [0.2, 0.25) is 0 Å². The Kier molecular flexibility index (Phi) is 7.33. The lowest BCUT2D eigenvalue weighted by Crippen LogP contribution is -2.46. The molecule has 2 aromatic rings. The molecule has 2 heterocycles. The molecule has 2 aliphatic heterocycles. The average Bonchev–Trinajstić information content (AvgIpc) is 2.85. The lowest BCUT2D eigenvalue weighted by atomic mass is 10.1. The van der Waals surface area contributed by atoms with Crippen molar-refractivity contribution in [2.75, 3.05) is 69.2 Å². The number of nitrogens with one attached hydrogen (secondary N) is 1. The van der Waals surface area contributed by atoms with Gasteiger partial charge in [0, 0.05) is 56.2 Å². The Morgan fingerprint density at radius 1 is 1.00 bits per heavy atom. The molecule has 2 saturated heterocycles. The summed E-state index contributed by atoms with van der Waals surface area (Å²) >= 11 is 0. The number of amides is 1. The summed E-state index contributed by atoms with van der Waals surface area (Å²) < 4.78 is 32.5. The minimum Gasteiger partial charge on any atom is -0.379 e. The molecule has 0 aliphatic carbocycles. The molecule has 9 heteroatoms. The predicted octanol–water partition coefficient (Wildman–Crippen LogP) is 2.41. The Balaban J connectivity index is 1.45. The van der Waals surface area contributed by atoms with Gasteiger partial charge in [0.15, 0.2) is 0 Å². The monoisotopic (exact) mass is 472 g/mol. The van der Waals surface area contributed by atoms with Crippen LogP contribution in [-0.2, 0) is 14.8 Å². The van der Waals surface area contributed by atoms with Crippen molar-refractivity contribution in [3.63, 3.8) is 0 Å². The first-order valence-corrected chi connectivity index (χ1v) is 12.9. The Bertz CT molecular complexity index is 1090. The topological polar surface area (TPSA) is 82.2 Å². The summed E-state index contributed by atoms with van der Waals surface area (Å²) in [6.45, 7) is 10.8. The second-order valence-electron chi connectivity index (χ2n) is 8.42. The summed E-state index contributed by atoms with van der Waals surface area (Å²) in [5.41, 5.74) is 3.28. The summed E-state index contributed by atoms with van der Waals surface area (Å²) in [5.74, 6) is -0.335. The van der Waals surface area contributed by atoms with E-state index in [-0.39, 0.29) is 10.8 Å². The SMILES string of the molecule is CCN1CCN(c2ccc(NC(=O)c3cccc(S(=O)(=O)N4CCOCC4)c3)cc2C)CC1. The normalized spacial score (nSPS) is 18.3. The third-order valence-electron chi connectivity index (χ3n) is 6.32. The number of hydrogen-bond acceptors (Lipinski definition) is 6. The maximum Gasteiger partial charge on any atom is 0.255 e. The Morgan fingerprint density at radius 2 is 1.73 bits per heavy atom. The average molecular weight is 473 g/mol. The number of carbonyl (C=O) groups excluding carboxylic acids is 1. The van der Waals surface area contributed by atoms with Gasteiger partial charge in [-0.25, -0.2) is 8.42 Å². The minimum atomic E-state index is -3.66. The number of nitrogens with zero attached hydrogens (tertiary/aromatic N) is 3. The van der Waals surface area contributed by atoms with Crippen molar-refractivity contribution in [3.8, 4) is 0 Å². The Labute approximate surface area is 196 Å². The van der Waals surface area contributed by atoms with Gasteiger partial charge in [0.05, 0.1) is 18.1 Å². The van der Waals surface area contributed by atoms with Crippen molar-refractivity contribution >= 4 is 27.3 Å². The quantitative estimate of drug-likeness (QED) is 0.695. The van der Waals surface area contributed by atoms with Crippen LogP contribution < -0.4 is 10.2 Å². The number of aryl methyl sites for hydroxylation is 1. The summed E-state index contributed by atoms with van der Waals surface area (Å²) in [7, 11) is -3.66. The maximum absolute atomic E-state index is 12.9. The molecular formula is C24H32N4O4S. The van der Waals surface area contributed by atoms with Gasteiger partial charge in [-0.05, 0) is 55.4 Å². The van der Waals surface area contributed by atoms with Gasteiger partial charge in [0.25, 0.3) is 5.91 Å². The molecule has 33 heavy (non-hydrogen) atoms. The molecule has 2 aromatic carbocycles. The van der Waals surface area contributed by atoms with E-state index in [0.717, 1.165) is 38.3 Å². The molecule has 4 rings (SSSR count). The van der Waals surface area contributed by atoms with E-state index in [2.05, 4.69) is 22.0 Å². The van der Waals surface area contributed by atoms with Crippen LogP contribution in [0.25, 0.3) is 0 Å². The molecule has 0 spiro atoms. The number of likely N-dealkylation sites (N-methyl/N-ethyl adjacent to an activating group) is 1. The summed E-state index contributed by atoms with van der Waals surface area (Å²) in [6.07, 6.45) is 0. The van der Waals surface area contributed by atoms with E-state index in [4.69, 9.17) is 4.74 Å². The molecule has 0 unspecified atom stereocenters. The fourth-order valence-corrected chi connectivity index (χ4v) is 5.78. The standard InChI is InChI=1S/C24H32N4O4S/c1-3-26-9-11-27(12-10-26)23-8-7-21(17-19(23)2)25-24(29)20-5-4-6-22(18-20)33(30,31)28-13-15-32-16-14-28/h4-8,17-18H,3,9-16H2,1-2H3,(H,25,29). The zero-order chi connectivity index (χ0) is 23.4. The number of anilines is 2. The Morgan fingerprint density at radius 3 is 2.39 bits per heavy atom. The number of morpholine rings is 1. The lowest BCUT2D eigenvalue weighted by Gasteiger charge is -2.36. The van der Waals surface area contributed by atoms with Gasteiger partial charge in [-0.3, -0.25) is 4.79 Å². The minimum absolute atomic E-state index is 0.120. The van der Waals surface area contributed by atoms with Crippen LogP contribution >= 0.6 is 0 Å². The van der Waals surface area contributed by atoms with Gasteiger partial charge in [-0.1, -0.05) is 13.0 Å². The highest BCUT2D eigenvalue weighted by molar-refractivity contribution is 7.89. The highest BCUT2D eigenvalue weighted by Gasteiger charge is 2.27. The number of carbonyl (C=O) groups is 1. The van der Waals surface area contributed by atoms with Crippen LogP contribution in [0, 0.1) is 6.92 Å². The van der Waals surface area contributed by atoms with E-state index < -0.39 is 10.0 Å². The maximum atomic E-state index is 12.9. The highest BCUT2D eigenvalue weighted by atomic mass is 32.2. The van der Waals surface area contributed by atoms with Crippen molar-refractivity contribution in [2.45, 2.75) is 18.7 Å². The molecular weight excluding hydrogens is 440 g/mol. The molecule has 1 N–H and O–H groups in total. The number of hydrogen-bond donors (Lipinski definition) is 1. The predicted molar refractivity (Wildman–Crippen MR) is 129 cm³/mol. The van der Waals surface area contributed by atoms with E-state index >= 15 is 0 Å². The highest BCUT2D eigenvalue weighted by Crippen LogP contribution is 2.25. The smallest absolute Gasteiger partial charge is 0.255 e. The largest absolute Gasteiger partial charge is 0.379 e. The zero-order valence-corrected chi connectivity index (χ0v) is 20.1. The number of rotatable bonds is 6. The fourth-order valence-electron chi connectivity index (χ4n) is 4.33. The lowest BCUT2D eigenvalue weighted by molar-refractivity contribution is 0.0730. The fraction of sp³-hybridized carbons (Fsp3) is 0.458. The summed E-state index contributed by atoms with van der Waals surface area (Å²) in [5, 5.41) is 2.91. The first kappa shape index (κ1) is 23.7. The molecule has 0 bridgehead atoms. The van der Waals surface area contributed by atoms with E-state index in [9.17, 15) is 13.2 Å². The second-order valence-corrected chi connectivity index (χ2v) is 10.4. The molecule has 1 amide bonds. The van der Waals surface area contributed by atoms with Crippen LogP contribution in [0.1, 0.15) is 22.8 Å². The van der Waals surface area contributed by atoms with Crippen molar-refractivity contribution < 1.29 is 17.9 Å². The van der Waals surface area contributed by atoms with Gasteiger partial charge in [0.2, 0.25) is 10.0 Å². The van der Waals surface area contributed by atoms with Gasteiger partial charge in [-0.15, -0.1) is 0 Å². The van der Waals surface area contributed by atoms with Crippen LogP contribution in [0.5, 0.6) is 0 Å². The van der Waals surface area contributed by atoms with Crippen LogP contribution in [0.3, 0.4) is 0 Å². The van der Waals surface area contributed by atoms with Gasteiger partial charge < -0.3 is 19.9 Å². The third kappa shape index (κ3) is 5.38. The molecule has 8 nitrogen and oxygen atoms in total. The van der Waals surface area contributed by atoms with Crippen molar-refractivity contribution in [1.29, 1.82) is 0 Å². The van der Waals surface area contributed by atoms with Gasteiger partial charge in [-0.2, -0.15) is 4.31 Å². The van der Waals surface area contributed by atoms with E-state index in [1.165, 1.54) is 22.1 Å². The first-order chi connectivity index (χ1) is 15.9. The van der Waals surface area contributed by atoms with Crippen molar-refractivity contribution in [1.82, 2.24) is 9.21 Å². The molecule has 0 aromatic heterocycles. The van der Waals surface area contributed by atoms with E-state index in [0.29, 0.717) is 37.6 Å². The van der Waals surface area contributed by atoms with Crippen molar-refractivity contribution in [3.05, 3.63) is 53.6 Å². The van der Waals surface area contributed by atoms with Crippen LogP contribution in [0.15, 0.2) is 47.4 Å². The number of sulfonamides is 1. The molecule has 0 radical (unpaired) electrons. The van der Waals surface area contributed by atoms with E-state index in [1.54, 1.807) is 12.1 Å². The van der Waals surface area contributed by atoms with Gasteiger partial charge in [0.1, 0.15) is 0 Å². The Hall–Kier alpha value is -2.46. The van der Waals surface area contributed by atoms with Crippen molar-refractivity contribution in [2.24, 2.45) is 0 Å².